The van der Waals surface area contributed by atoms with E-state index in [-0.39, 0.29) is 0 Å². The van der Waals surface area contributed by atoms with Gasteiger partial charge in [-0.05, 0) is 26.3 Å². The largest absolute Gasteiger partial charge is 0.383 e. The summed E-state index contributed by atoms with van der Waals surface area (Å²) in [5, 5.41) is 4.10. The molecular weight excluding hydrogens is 192 g/mol. The topological polar surface area (TPSA) is 38.5 Å². The maximum Gasteiger partial charge on any atom is 0.133 e. The summed E-state index contributed by atoms with van der Waals surface area (Å²) in [5.74, 6) is 0.892. The molecule has 15 heavy (non-hydrogen) atoms. The highest BCUT2D eigenvalue weighted by molar-refractivity contribution is 5.10. The zero-order valence-electron chi connectivity index (χ0n) is 9.40. The van der Waals surface area contributed by atoms with E-state index in [0.29, 0.717) is 6.04 Å². The highest BCUT2D eigenvalue weighted by Crippen LogP contribution is 2.30. The molecule has 0 bridgehead atoms. The van der Waals surface area contributed by atoms with Gasteiger partial charge in [0.2, 0.25) is 0 Å². The molecule has 1 aromatic heterocycles. The Labute approximate surface area is 90.2 Å². The number of methoxy groups -OCH3 is 1. The minimum atomic E-state index is 0.428. The minimum absolute atomic E-state index is 0.428. The molecular formula is C11H18N2O2. The lowest BCUT2D eigenvalue weighted by atomic mass is 10.1. The second kappa shape index (κ2) is 4.77. The van der Waals surface area contributed by atoms with Crippen molar-refractivity contribution in [2.24, 2.45) is 0 Å². The molecule has 1 saturated heterocycles. The van der Waals surface area contributed by atoms with Crippen LogP contribution in [0.15, 0.2) is 10.6 Å². The Morgan fingerprint density at radius 2 is 2.53 bits per heavy atom. The predicted octanol–water partition coefficient (Wildman–Crippen LogP) is 1.77. The molecule has 1 aliphatic heterocycles. The van der Waals surface area contributed by atoms with Gasteiger partial charge in [0.05, 0.1) is 12.6 Å². The molecule has 0 amide bonds. The van der Waals surface area contributed by atoms with Crippen LogP contribution in [0.2, 0.25) is 0 Å². The van der Waals surface area contributed by atoms with E-state index in [4.69, 9.17) is 9.26 Å². The van der Waals surface area contributed by atoms with Crippen LogP contribution in [0.3, 0.4) is 0 Å². The van der Waals surface area contributed by atoms with Crippen molar-refractivity contribution in [2.45, 2.75) is 25.8 Å². The first-order valence-corrected chi connectivity index (χ1v) is 5.47. The monoisotopic (exact) mass is 210 g/mol. The Morgan fingerprint density at radius 1 is 1.67 bits per heavy atom. The molecule has 1 unspecified atom stereocenters. The first-order chi connectivity index (χ1) is 7.31. The first-order valence-electron chi connectivity index (χ1n) is 5.47. The number of hydrogen-bond acceptors (Lipinski definition) is 4. The molecule has 0 aliphatic carbocycles. The average molecular weight is 210 g/mol. The number of aryl methyl sites for hydroxylation is 1. The maximum atomic E-state index is 5.12. The summed E-state index contributed by atoms with van der Waals surface area (Å²) in [5.41, 5.74) is 1.07. The quantitative estimate of drug-likeness (QED) is 0.759. The van der Waals surface area contributed by atoms with Gasteiger partial charge in [-0.25, -0.2) is 0 Å². The molecule has 84 valence electrons. The predicted molar refractivity (Wildman–Crippen MR) is 56.7 cm³/mol. The summed E-state index contributed by atoms with van der Waals surface area (Å²) in [4.78, 5) is 2.42. The molecule has 0 radical (unpaired) electrons. The van der Waals surface area contributed by atoms with Crippen LogP contribution < -0.4 is 0 Å². The Kier molecular flexibility index (Phi) is 3.38. The molecule has 4 heteroatoms. The summed E-state index contributed by atoms with van der Waals surface area (Å²) in [6.45, 7) is 4.84. The van der Waals surface area contributed by atoms with Crippen LogP contribution in [0.4, 0.5) is 0 Å². The van der Waals surface area contributed by atoms with Gasteiger partial charge in [0.15, 0.2) is 0 Å². The standard InChI is InChI=1S/C11H18N2O2/c1-9-8-10(12-15-9)11-4-3-5-13(11)6-7-14-2/h8,11H,3-7H2,1-2H3. The van der Waals surface area contributed by atoms with Crippen LogP contribution in [0.5, 0.6) is 0 Å². The van der Waals surface area contributed by atoms with Crippen molar-refractivity contribution in [3.8, 4) is 0 Å². The normalized spacial score (nSPS) is 22.4. The van der Waals surface area contributed by atoms with Crippen molar-refractivity contribution >= 4 is 0 Å². The smallest absolute Gasteiger partial charge is 0.133 e. The van der Waals surface area contributed by atoms with E-state index in [1.807, 2.05) is 13.0 Å². The Balaban J connectivity index is 2.01. The third-order valence-corrected chi connectivity index (χ3v) is 2.93. The van der Waals surface area contributed by atoms with Gasteiger partial charge in [-0.1, -0.05) is 5.16 Å². The molecule has 0 aromatic carbocycles. The van der Waals surface area contributed by atoms with Crippen molar-refractivity contribution in [1.29, 1.82) is 0 Å². The molecule has 2 rings (SSSR count). The molecule has 0 saturated carbocycles. The number of rotatable bonds is 4. The highest BCUT2D eigenvalue weighted by atomic mass is 16.5. The molecule has 1 fully saturated rings. The summed E-state index contributed by atoms with van der Waals surface area (Å²) in [6.07, 6.45) is 2.41. The van der Waals surface area contributed by atoms with Gasteiger partial charge in [0, 0.05) is 19.7 Å². The molecule has 1 aliphatic rings. The van der Waals surface area contributed by atoms with Gasteiger partial charge in [-0.3, -0.25) is 4.90 Å². The Bertz CT molecular complexity index is 311. The van der Waals surface area contributed by atoms with Crippen LogP contribution in [0.1, 0.15) is 30.3 Å². The van der Waals surface area contributed by atoms with Crippen LogP contribution in [-0.2, 0) is 4.74 Å². The first kappa shape index (κ1) is 10.6. The van der Waals surface area contributed by atoms with E-state index in [9.17, 15) is 0 Å². The summed E-state index contributed by atoms with van der Waals surface area (Å²) in [6, 6.07) is 2.47. The third kappa shape index (κ3) is 2.38. The van der Waals surface area contributed by atoms with Crippen molar-refractivity contribution in [1.82, 2.24) is 10.1 Å². The Hall–Kier alpha value is -0.870. The van der Waals surface area contributed by atoms with Crippen molar-refractivity contribution in [3.63, 3.8) is 0 Å². The van der Waals surface area contributed by atoms with E-state index in [0.717, 1.165) is 31.2 Å². The van der Waals surface area contributed by atoms with E-state index in [1.165, 1.54) is 12.8 Å². The second-order valence-electron chi connectivity index (χ2n) is 4.05. The number of nitrogens with zero attached hydrogens (tertiary/aromatic N) is 2. The third-order valence-electron chi connectivity index (χ3n) is 2.93. The SMILES string of the molecule is COCCN1CCCC1c1cc(C)on1. The highest BCUT2D eigenvalue weighted by Gasteiger charge is 2.27. The fraction of sp³-hybridized carbons (Fsp3) is 0.727. The van der Waals surface area contributed by atoms with E-state index >= 15 is 0 Å². The number of aromatic nitrogens is 1. The molecule has 0 N–H and O–H groups in total. The van der Waals surface area contributed by atoms with Crippen LogP contribution in [0.25, 0.3) is 0 Å². The number of ether oxygens (including phenoxy) is 1. The number of hydrogen-bond donors (Lipinski definition) is 0. The summed E-state index contributed by atoms with van der Waals surface area (Å²) < 4.78 is 10.2. The summed E-state index contributed by atoms with van der Waals surface area (Å²) >= 11 is 0. The molecule has 0 spiro atoms. The minimum Gasteiger partial charge on any atom is -0.383 e. The average Bonchev–Trinajstić information content (AvgIpc) is 2.82. The molecule has 1 aromatic rings. The van der Waals surface area contributed by atoms with Gasteiger partial charge in [-0.15, -0.1) is 0 Å². The zero-order valence-corrected chi connectivity index (χ0v) is 9.40. The van der Waals surface area contributed by atoms with Gasteiger partial charge >= 0.3 is 0 Å². The van der Waals surface area contributed by atoms with Crippen molar-refractivity contribution in [3.05, 3.63) is 17.5 Å². The molecule has 4 nitrogen and oxygen atoms in total. The van der Waals surface area contributed by atoms with E-state index in [1.54, 1.807) is 7.11 Å². The van der Waals surface area contributed by atoms with Crippen LogP contribution in [-0.4, -0.2) is 36.9 Å². The zero-order chi connectivity index (χ0) is 10.7. The fourth-order valence-corrected chi connectivity index (χ4v) is 2.18. The van der Waals surface area contributed by atoms with Gasteiger partial charge < -0.3 is 9.26 Å². The van der Waals surface area contributed by atoms with Crippen LogP contribution >= 0.6 is 0 Å². The molecule has 1 atom stereocenters. The van der Waals surface area contributed by atoms with Crippen molar-refractivity contribution < 1.29 is 9.26 Å². The van der Waals surface area contributed by atoms with E-state index < -0.39 is 0 Å². The lowest BCUT2D eigenvalue weighted by Gasteiger charge is -2.21. The van der Waals surface area contributed by atoms with Gasteiger partial charge in [0.1, 0.15) is 11.5 Å². The van der Waals surface area contributed by atoms with E-state index in [2.05, 4.69) is 10.1 Å². The van der Waals surface area contributed by atoms with Gasteiger partial charge in [-0.2, -0.15) is 0 Å². The summed E-state index contributed by atoms with van der Waals surface area (Å²) in [7, 11) is 1.74. The van der Waals surface area contributed by atoms with Crippen molar-refractivity contribution in [2.75, 3.05) is 26.8 Å². The fourth-order valence-electron chi connectivity index (χ4n) is 2.18. The van der Waals surface area contributed by atoms with Crippen LogP contribution in [0, 0.1) is 6.92 Å². The number of likely N-dealkylation sites (tertiary alicyclic amines) is 1. The maximum absolute atomic E-state index is 5.12. The lowest BCUT2D eigenvalue weighted by Crippen LogP contribution is -2.27. The van der Waals surface area contributed by atoms with Gasteiger partial charge in [0.25, 0.3) is 0 Å². The lowest BCUT2D eigenvalue weighted by molar-refractivity contribution is 0.139. The Morgan fingerprint density at radius 3 is 3.20 bits per heavy atom. The molecule has 2 heterocycles. The second-order valence-corrected chi connectivity index (χ2v) is 4.05.